The van der Waals surface area contributed by atoms with Gasteiger partial charge in [-0.3, -0.25) is 4.79 Å². The Morgan fingerprint density at radius 3 is 2.76 bits per heavy atom. The minimum Gasteiger partial charge on any atom is -0.504 e. The highest BCUT2D eigenvalue weighted by Gasteiger charge is 2.23. The van der Waals surface area contributed by atoms with E-state index in [-0.39, 0.29) is 16.3 Å². The van der Waals surface area contributed by atoms with Gasteiger partial charge in [-0.2, -0.15) is 4.39 Å². The fourth-order valence-corrected chi connectivity index (χ4v) is 1.59. The van der Waals surface area contributed by atoms with Crippen LogP contribution in [0.1, 0.15) is 18.0 Å². The highest BCUT2D eigenvalue weighted by molar-refractivity contribution is 6.32. The average Bonchev–Trinajstić information content (AvgIpc) is 2.24. The van der Waals surface area contributed by atoms with Gasteiger partial charge in [0.15, 0.2) is 11.5 Å². The standard InChI is InChI=1S/C10H11ClFNO4/c1-17-10-4(6(13)3-7(14)15)2-5(11)9(16)8(10)12/h2,6,16H,3,13H2,1H3,(H,14,15). The fraction of sp³-hybridized carbons (Fsp3) is 0.300. The Hall–Kier alpha value is -1.53. The number of benzene rings is 1. The van der Waals surface area contributed by atoms with E-state index in [1.54, 1.807) is 0 Å². The maximum Gasteiger partial charge on any atom is 0.305 e. The van der Waals surface area contributed by atoms with E-state index < -0.39 is 30.0 Å². The summed E-state index contributed by atoms with van der Waals surface area (Å²) >= 11 is 5.58. The van der Waals surface area contributed by atoms with E-state index in [0.29, 0.717) is 0 Å². The molecule has 0 aromatic heterocycles. The lowest BCUT2D eigenvalue weighted by molar-refractivity contribution is -0.137. The van der Waals surface area contributed by atoms with E-state index in [9.17, 15) is 14.3 Å². The lowest BCUT2D eigenvalue weighted by Crippen LogP contribution is -2.16. The van der Waals surface area contributed by atoms with Crippen LogP contribution in [0.4, 0.5) is 4.39 Å². The molecule has 17 heavy (non-hydrogen) atoms. The maximum atomic E-state index is 13.6. The number of carboxylic acids is 1. The average molecular weight is 264 g/mol. The summed E-state index contributed by atoms with van der Waals surface area (Å²) in [5.41, 5.74) is 5.69. The monoisotopic (exact) mass is 263 g/mol. The summed E-state index contributed by atoms with van der Waals surface area (Å²) in [6.45, 7) is 0. The van der Waals surface area contributed by atoms with Gasteiger partial charge in [-0.1, -0.05) is 11.6 Å². The lowest BCUT2D eigenvalue weighted by atomic mass is 10.0. The quantitative estimate of drug-likeness (QED) is 0.768. The van der Waals surface area contributed by atoms with Crippen molar-refractivity contribution in [1.29, 1.82) is 0 Å². The molecule has 0 saturated carbocycles. The second kappa shape index (κ2) is 5.20. The number of aromatic hydroxyl groups is 1. The van der Waals surface area contributed by atoms with Crippen LogP contribution < -0.4 is 10.5 Å². The van der Waals surface area contributed by atoms with Crippen molar-refractivity contribution in [3.8, 4) is 11.5 Å². The molecule has 94 valence electrons. The number of methoxy groups -OCH3 is 1. The van der Waals surface area contributed by atoms with Gasteiger partial charge in [0.25, 0.3) is 0 Å². The summed E-state index contributed by atoms with van der Waals surface area (Å²) in [5, 5.41) is 17.6. The summed E-state index contributed by atoms with van der Waals surface area (Å²) < 4.78 is 18.3. The second-order valence-corrected chi connectivity index (χ2v) is 3.76. The number of rotatable bonds is 4. The predicted octanol–water partition coefficient (Wildman–Crippen LogP) is 1.67. The fourth-order valence-electron chi connectivity index (χ4n) is 1.39. The van der Waals surface area contributed by atoms with Crippen LogP contribution in [0.15, 0.2) is 6.07 Å². The molecule has 0 bridgehead atoms. The summed E-state index contributed by atoms with van der Waals surface area (Å²) in [7, 11) is 1.18. The van der Waals surface area contributed by atoms with E-state index in [0.717, 1.165) is 0 Å². The number of hydrogen-bond donors (Lipinski definition) is 3. The number of phenols is 1. The van der Waals surface area contributed by atoms with E-state index >= 15 is 0 Å². The van der Waals surface area contributed by atoms with Crippen LogP contribution in [0.25, 0.3) is 0 Å². The SMILES string of the molecule is COc1c(C(N)CC(=O)O)cc(Cl)c(O)c1F. The van der Waals surface area contributed by atoms with Gasteiger partial charge in [0.1, 0.15) is 0 Å². The Labute approximate surface area is 102 Å². The molecule has 0 aliphatic heterocycles. The smallest absolute Gasteiger partial charge is 0.305 e. The number of aliphatic carboxylic acids is 1. The number of carbonyl (C=O) groups is 1. The van der Waals surface area contributed by atoms with Crippen LogP contribution in [0.2, 0.25) is 5.02 Å². The summed E-state index contributed by atoms with van der Waals surface area (Å²) in [6.07, 6.45) is -0.406. The van der Waals surface area contributed by atoms with E-state index in [1.165, 1.54) is 13.2 Å². The minimum absolute atomic E-state index is 0.0928. The molecule has 1 unspecified atom stereocenters. The van der Waals surface area contributed by atoms with Crippen LogP contribution in [-0.4, -0.2) is 23.3 Å². The Kier molecular flexibility index (Phi) is 4.14. The molecule has 1 aromatic rings. The summed E-state index contributed by atoms with van der Waals surface area (Å²) in [5.74, 6) is -3.25. The molecular formula is C10H11ClFNO4. The van der Waals surface area contributed by atoms with Crippen molar-refractivity contribution in [1.82, 2.24) is 0 Å². The molecule has 0 fully saturated rings. The molecule has 1 aromatic carbocycles. The number of phenolic OH excluding ortho intramolecular Hbond substituents is 1. The third-order valence-electron chi connectivity index (χ3n) is 2.18. The van der Waals surface area contributed by atoms with Gasteiger partial charge in [0.05, 0.1) is 18.6 Å². The van der Waals surface area contributed by atoms with Crippen LogP contribution in [0, 0.1) is 5.82 Å². The molecule has 0 saturated heterocycles. The first kappa shape index (κ1) is 13.5. The number of halogens is 2. The Morgan fingerprint density at radius 2 is 2.29 bits per heavy atom. The Morgan fingerprint density at radius 1 is 1.71 bits per heavy atom. The van der Waals surface area contributed by atoms with Crippen molar-refractivity contribution in [3.05, 3.63) is 22.5 Å². The highest BCUT2D eigenvalue weighted by Crippen LogP contribution is 2.38. The van der Waals surface area contributed by atoms with Crippen LogP contribution in [0.3, 0.4) is 0 Å². The van der Waals surface area contributed by atoms with Crippen molar-refractivity contribution in [2.24, 2.45) is 5.73 Å². The Bertz CT molecular complexity index is 452. The van der Waals surface area contributed by atoms with E-state index in [1.807, 2.05) is 0 Å². The molecular weight excluding hydrogens is 253 g/mol. The molecule has 4 N–H and O–H groups in total. The van der Waals surface area contributed by atoms with Crippen molar-refractivity contribution >= 4 is 17.6 Å². The molecule has 5 nitrogen and oxygen atoms in total. The first-order valence-corrected chi connectivity index (χ1v) is 4.98. The number of hydrogen-bond acceptors (Lipinski definition) is 4. The van der Waals surface area contributed by atoms with Gasteiger partial charge >= 0.3 is 5.97 Å². The molecule has 0 amide bonds. The van der Waals surface area contributed by atoms with Crippen molar-refractivity contribution in [3.63, 3.8) is 0 Å². The van der Waals surface area contributed by atoms with Crippen LogP contribution in [-0.2, 0) is 4.79 Å². The molecule has 0 radical (unpaired) electrons. The number of carboxylic acid groups (broad SMARTS) is 1. The zero-order valence-corrected chi connectivity index (χ0v) is 9.66. The van der Waals surface area contributed by atoms with Crippen molar-refractivity contribution in [2.45, 2.75) is 12.5 Å². The maximum absolute atomic E-state index is 13.6. The number of nitrogens with two attached hydrogens (primary N) is 1. The molecule has 1 rings (SSSR count). The van der Waals surface area contributed by atoms with Gasteiger partial charge in [0.2, 0.25) is 5.82 Å². The largest absolute Gasteiger partial charge is 0.504 e. The van der Waals surface area contributed by atoms with Gasteiger partial charge < -0.3 is 20.7 Å². The minimum atomic E-state index is -1.14. The number of ether oxygens (including phenoxy) is 1. The molecule has 0 spiro atoms. The third-order valence-corrected chi connectivity index (χ3v) is 2.46. The molecule has 0 aliphatic carbocycles. The summed E-state index contributed by atoms with van der Waals surface area (Å²) in [4.78, 5) is 10.5. The van der Waals surface area contributed by atoms with Crippen LogP contribution >= 0.6 is 11.6 Å². The molecule has 0 heterocycles. The first-order chi connectivity index (χ1) is 7.88. The zero-order valence-electron chi connectivity index (χ0n) is 8.91. The van der Waals surface area contributed by atoms with Crippen LogP contribution in [0.5, 0.6) is 11.5 Å². The lowest BCUT2D eigenvalue weighted by Gasteiger charge is -2.16. The van der Waals surface area contributed by atoms with Gasteiger partial charge in [-0.25, -0.2) is 0 Å². The van der Waals surface area contributed by atoms with Gasteiger partial charge in [-0.05, 0) is 6.07 Å². The predicted molar refractivity (Wildman–Crippen MR) is 58.8 cm³/mol. The topological polar surface area (TPSA) is 92.8 Å². The van der Waals surface area contributed by atoms with Crippen molar-refractivity contribution < 1.29 is 24.1 Å². The first-order valence-electron chi connectivity index (χ1n) is 4.60. The van der Waals surface area contributed by atoms with Gasteiger partial charge in [-0.15, -0.1) is 0 Å². The normalized spacial score (nSPS) is 12.2. The Balaban J connectivity index is 3.27. The summed E-state index contributed by atoms with van der Waals surface area (Å²) in [6, 6.07) is 0.210. The molecule has 1 atom stereocenters. The highest BCUT2D eigenvalue weighted by atomic mass is 35.5. The van der Waals surface area contributed by atoms with E-state index in [2.05, 4.69) is 0 Å². The van der Waals surface area contributed by atoms with Crippen molar-refractivity contribution in [2.75, 3.05) is 7.11 Å². The molecule has 7 heteroatoms. The van der Waals surface area contributed by atoms with Gasteiger partial charge in [0, 0.05) is 11.6 Å². The zero-order chi connectivity index (χ0) is 13.2. The third kappa shape index (κ3) is 2.78. The second-order valence-electron chi connectivity index (χ2n) is 3.35. The molecule has 0 aliphatic rings. The van der Waals surface area contributed by atoms with E-state index in [4.69, 9.17) is 27.2 Å².